The van der Waals surface area contributed by atoms with Gasteiger partial charge in [0.25, 0.3) is 5.91 Å². The van der Waals surface area contributed by atoms with Gasteiger partial charge in [0.2, 0.25) is 5.91 Å². The number of hydrogen-bond acceptors (Lipinski definition) is 6. The standard InChI is InChI=1S/C26H22N4O3S/c1-33-19-11-7-10-18(15-19)27-23(31)16-34-26-29-21-13-6-5-12-20(21)24-28-22(25(32)30(24)26)14-17-8-3-2-4-9-17/h2-13,15,22H,14,16H2,1H3,(H,27,31)/t22-/m1/s1. The van der Waals surface area contributed by atoms with E-state index in [9.17, 15) is 9.59 Å². The summed E-state index contributed by atoms with van der Waals surface area (Å²) in [4.78, 5) is 37.0. The Morgan fingerprint density at radius 1 is 1.06 bits per heavy atom. The number of nitrogens with zero attached hydrogens (tertiary/aromatic N) is 3. The summed E-state index contributed by atoms with van der Waals surface area (Å²) >= 11 is 1.22. The van der Waals surface area contributed by atoms with Gasteiger partial charge in [0.1, 0.15) is 17.6 Å². The van der Waals surface area contributed by atoms with Crippen LogP contribution in [0.1, 0.15) is 11.1 Å². The number of hydrogen-bond donors (Lipinski definition) is 1. The van der Waals surface area contributed by atoms with Crippen molar-refractivity contribution in [3.8, 4) is 5.75 Å². The maximum Gasteiger partial charge on any atom is 0.259 e. The van der Waals surface area contributed by atoms with E-state index in [2.05, 4.69) is 5.32 Å². The van der Waals surface area contributed by atoms with Gasteiger partial charge in [-0.3, -0.25) is 14.6 Å². The van der Waals surface area contributed by atoms with Gasteiger partial charge < -0.3 is 10.1 Å². The number of nitrogens with one attached hydrogen (secondary N) is 1. The van der Waals surface area contributed by atoms with E-state index >= 15 is 0 Å². The summed E-state index contributed by atoms with van der Waals surface area (Å²) in [6.07, 6.45) is 0.510. The van der Waals surface area contributed by atoms with Crippen LogP contribution < -0.4 is 10.1 Å². The molecule has 0 radical (unpaired) electrons. The number of methoxy groups -OCH3 is 1. The first-order valence-electron chi connectivity index (χ1n) is 10.8. The molecule has 3 aromatic rings. The molecule has 2 aliphatic rings. The molecule has 0 unspecified atom stereocenters. The van der Waals surface area contributed by atoms with Crippen molar-refractivity contribution in [3.63, 3.8) is 0 Å². The summed E-state index contributed by atoms with van der Waals surface area (Å²) in [6, 6.07) is 24.1. The van der Waals surface area contributed by atoms with Crippen LogP contribution in [-0.4, -0.2) is 46.6 Å². The lowest BCUT2D eigenvalue weighted by Crippen LogP contribution is -2.41. The van der Waals surface area contributed by atoms with Crippen LogP contribution in [0.25, 0.3) is 0 Å². The van der Waals surface area contributed by atoms with E-state index in [0.717, 1.165) is 16.8 Å². The van der Waals surface area contributed by atoms with Gasteiger partial charge in [0.15, 0.2) is 5.17 Å². The van der Waals surface area contributed by atoms with Crippen LogP contribution in [0.3, 0.4) is 0 Å². The zero-order valence-corrected chi connectivity index (χ0v) is 19.3. The molecule has 1 N–H and O–H groups in total. The molecule has 0 fully saturated rings. The van der Waals surface area contributed by atoms with Crippen LogP contribution in [0.15, 0.2) is 88.8 Å². The van der Waals surface area contributed by atoms with Crippen molar-refractivity contribution in [2.75, 3.05) is 18.2 Å². The molecule has 0 saturated heterocycles. The second kappa shape index (κ2) is 9.52. The molecule has 0 aliphatic carbocycles. The van der Waals surface area contributed by atoms with Gasteiger partial charge in [-0.15, -0.1) is 0 Å². The number of amides is 2. The molecule has 2 amide bonds. The first-order chi connectivity index (χ1) is 16.6. The Labute approximate surface area is 201 Å². The molecule has 0 saturated carbocycles. The number of ether oxygens (including phenoxy) is 1. The molecular weight excluding hydrogens is 448 g/mol. The quantitative estimate of drug-likeness (QED) is 0.583. The number of rotatable bonds is 6. The fraction of sp³-hybridized carbons (Fsp3) is 0.154. The normalized spacial score (nSPS) is 16.3. The maximum absolute atomic E-state index is 13.4. The highest BCUT2D eigenvalue weighted by Gasteiger charge is 2.41. The number of amidine groups is 2. The highest BCUT2D eigenvalue weighted by Crippen LogP contribution is 2.34. The van der Waals surface area contributed by atoms with Gasteiger partial charge in [0.05, 0.1) is 18.6 Å². The van der Waals surface area contributed by atoms with E-state index < -0.39 is 6.04 Å². The van der Waals surface area contributed by atoms with Gasteiger partial charge >= 0.3 is 0 Å². The predicted molar refractivity (Wildman–Crippen MR) is 135 cm³/mol. The number of para-hydroxylation sites is 1. The molecule has 2 aliphatic heterocycles. The Morgan fingerprint density at radius 2 is 1.85 bits per heavy atom. The number of carbonyl (C=O) groups excluding carboxylic acids is 2. The number of anilines is 1. The van der Waals surface area contributed by atoms with Crippen LogP contribution in [0.4, 0.5) is 11.4 Å². The van der Waals surface area contributed by atoms with Crippen molar-refractivity contribution in [3.05, 3.63) is 90.0 Å². The molecule has 7 nitrogen and oxygen atoms in total. The van der Waals surface area contributed by atoms with Crippen LogP contribution in [-0.2, 0) is 16.0 Å². The summed E-state index contributed by atoms with van der Waals surface area (Å²) < 4.78 is 5.20. The van der Waals surface area contributed by atoms with Crippen molar-refractivity contribution in [1.29, 1.82) is 0 Å². The number of benzene rings is 3. The van der Waals surface area contributed by atoms with Crippen LogP contribution in [0.5, 0.6) is 5.75 Å². The van der Waals surface area contributed by atoms with E-state index in [4.69, 9.17) is 14.7 Å². The zero-order valence-electron chi connectivity index (χ0n) is 18.5. The van der Waals surface area contributed by atoms with Gasteiger partial charge in [-0.05, 0) is 29.8 Å². The van der Waals surface area contributed by atoms with Gasteiger partial charge in [-0.2, -0.15) is 0 Å². The minimum absolute atomic E-state index is 0.0959. The molecule has 8 heteroatoms. The Bertz CT molecular complexity index is 1310. The third kappa shape index (κ3) is 4.45. The minimum atomic E-state index is -0.528. The average Bonchev–Trinajstić information content (AvgIpc) is 3.19. The predicted octanol–water partition coefficient (Wildman–Crippen LogP) is 4.27. The topological polar surface area (TPSA) is 83.4 Å². The molecular formula is C26H22N4O3S. The molecule has 34 heavy (non-hydrogen) atoms. The summed E-state index contributed by atoms with van der Waals surface area (Å²) in [5, 5.41) is 3.32. The first kappa shape index (κ1) is 21.9. The Morgan fingerprint density at radius 3 is 2.68 bits per heavy atom. The van der Waals surface area contributed by atoms with Crippen molar-refractivity contribution < 1.29 is 14.3 Å². The van der Waals surface area contributed by atoms with E-state index in [1.807, 2.05) is 66.7 Å². The van der Waals surface area contributed by atoms with E-state index in [0.29, 0.717) is 28.9 Å². The van der Waals surface area contributed by atoms with Crippen molar-refractivity contribution >= 4 is 46.0 Å². The number of thioether (sulfide) groups is 1. The van der Waals surface area contributed by atoms with Crippen molar-refractivity contribution in [2.45, 2.75) is 12.5 Å². The summed E-state index contributed by atoms with van der Waals surface area (Å²) in [6.45, 7) is 0. The molecule has 0 bridgehead atoms. The first-order valence-corrected chi connectivity index (χ1v) is 11.8. The highest BCUT2D eigenvalue weighted by atomic mass is 32.2. The second-order valence-corrected chi connectivity index (χ2v) is 8.75. The molecule has 0 aromatic heterocycles. The minimum Gasteiger partial charge on any atom is -0.497 e. The van der Waals surface area contributed by atoms with Crippen molar-refractivity contribution in [1.82, 2.24) is 4.90 Å². The fourth-order valence-corrected chi connectivity index (χ4v) is 4.70. The number of aliphatic imine (C=N–C) groups is 2. The Balaban J connectivity index is 1.35. The molecule has 0 spiro atoms. The highest BCUT2D eigenvalue weighted by molar-refractivity contribution is 8.14. The summed E-state index contributed by atoms with van der Waals surface area (Å²) in [7, 11) is 1.58. The SMILES string of the molecule is COc1cccc(NC(=O)CSC2=Nc3ccccc3C3=N[C@H](Cc4ccccc4)C(=O)N23)c1. The Kier molecular flexibility index (Phi) is 6.14. The van der Waals surface area contributed by atoms with E-state index in [1.54, 1.807) is 24.1 Å². The van der Waals surface area contributed by atoms with E-state index in [1.165, 1.54) is 11.8 Å². The summed E-state index contributed by atoms with van der Waals surface area (Å²) in [5.41, 5.74) is 3.24. The third-order valence-corrected chi connectivity index (χ3v) is 6.44. The molecule has 2 heterocycles. The van der Waals surface area contributed by atoms with E-state index in [-0.39, 0.29) is 17.6 Å². The third-order valence-electron chi connectivity index (χ3n) is 5.51. The van der Waals surface area contributed by atoms with Crippen LogP contribution in [0, 0.1) is 0 Å². The van der Waals surface area contributed by atoms with Crippen molar-refractivity contribution in [2.24, 2.45) is 9.98 Å². The molecule has 170 valence electrons. The number of fused-ring (bicyclic) bond motifs is 3. The fourth-order valence-electron chi connectivity index (χ4n) is 3.90. The van der Waals surface area contributed by atoms with Crippen LogP contribution >= 0.6 is 11.8 Å². The van der Waals surface area contributed by atoms with Crippen LogP contribution in [0.2, 0.25) is 0 Å². The van der Waals surface area contributed by atoms with Gasteiger partial charge in [-0.1, -0.05) is 60.3 Å². The van der Waals surface area contributed by atoms with Gasteiger partial charge in [0, 0.05) is 23.7 Å². The second-order valence-electron chi connectivity index (χ2n) is 7.81. The maximum atomic E-state index is 13.4. The number of carbonyl (C=O) groups is 2. The average molecular weight is 471 g/mol. The Hall–Kier alpha value is -3.91. The smallest absolute Gasteiger partial charge is 0.259 e. The van der Waals surface area contributed by atoms with Gasteiger partial charge in [-0.25, -0.2) is 9.89 Å². The molecule has 3 aromatic carbocycles. The monoisotopic (exact) mass is 470 g/mol. The lowest BCUT2D eigenvalue weighted by Gasteiger charge is -2.25. The summed E-state index contributed by atoms with van der Waals surface area (Å²) in [5.74, 6) is 1.01. The lowest BCUT2D eigenvalue weighted by atomic mass is 10.1. The largest absolute Gasteiger partial charge is 0.497 e. The lowest BCUT2D eigenvalue weighted by molar-refractivity contribution is -0.124. The molecule has 1 atom stereocenters. The zero-order chi connectivity index (χ0) is 23.5. The molecule has 5 rings (SSSR count).